The minimum atomic E-state index is -0.0987. The van der Waals surface area contributed by atoms with E-state index in [-0.39, 0.29) is 23.7 Å². The molecule has 4 heteroatoms. The van der Waals surface area contributed by atoms with Crippen molar-refractivity contribution in [3.05, 3.63) is 35.9 Å². The van der Waals surface area contributed by atoms with Crippen LogP contribution in [-0.4, -0.2) is 41.2 Å². The lowest BCUT2D eigenvalue weighted by molar-refractivity contribution is -0.139. The largest absolute Gasteiger partial charge is 0.342 e. The van der Waals surface area contributed by atoms with Gasteiger partial charge in [-0.3, -0.25) is 9.59 Å². The van der Waals surface area contributed by atoms with Gasteiger partial charge in [-0.2, -0.15) is 0 Å². The molecule has 3 unspecified atom stereocenters. The van der Waals surface area contributed by atoms with Gasteiger partial charge in [0.2, 0.25) is 11.8 Å². The van der Waals surface area contributed by atoms with Crippen molar-refractivity contribution in [3.63, 3.8) is 0 Å². The Morgan fingerprint density at radius 1 is 1.21 bits per heavy atom. The molecule has 2 amide bonds. The third-order valence-electron chi connectivity index (χ3n) is 5.30. The second kappa shape index (κ2) is 7.37. The average molecular weight is 328 g/mol. The quantitative estimate of drug-likeness (QED) is 0.834. The Kier molecular flexibility index (Phi) is 5.22. The van der Waals surface area contributed by atoms with E-state index in [9.17, 15) is 9.59 Å². The second-order valence-electron chi connectivity index (χ2n) is 7.32. The summed E-state index contributed by atoms with van der Waals surface area (Å²) in [5.41, 5.74) is 1.14. The van der Waals surface area contributed by atoms with Crippen LogP contribution in [0, 0.1) is 17.8 Å². The summed E-state index contributed by atoms with van der Waals surface area (Å²) in [5, 5.41) is 0. The molecule has 1 saturated heterocycles. The molecule has 0 bridgehead atoms. The van der Waals surface area contributed by atoms with Crippen molar-refractivity contribution in [2.45, 2.75) is 39.7 Å². The van der Waals surface area contributed by atoms with Gasteiger partial charge in [-0.15, -0.1) is 0 Å². The van der Waals surface area contributed by atoms with E-state index in [2.05, 4.69) is 6.92 Å². The summed E-state index contributed by atoms with van der Waals surface area (Å²) in [4.78, 5) is 29.3. The smallest absolute Gasteiger partial charge is 0.226 e. The Balaban J connectivity index is 1.56. The predicted molar refractivity (Wildman–Crippen MR) is 94.1 cm³/mol. The van der Waals surface area contributed by atoms with Crippen LogP contribution in [-0.2, 0) is 16.1 Å². The summed E-state index contributed by atoms with van der Waals surface area (Å²) in [6, 6.07) is 10.1. The Labute approximate surface area is 144 Å². The average Bonchev–Trinajstić information content (AvgIpc) is 3.40. The highest BCUT2D eigenvalue weighted by Crippen LogP contribution is 2.42. The fourth-order valence-electron chi connectivity index (χ4n) is 3.75. The van der Waals surface area contributed by atoms with E-state index in [1.54, 1.807) is 0 Å². The molecule has 0 aromatic heterocycles. The fourth-order valence-corrected chi connectivity index (χ4v) is 3.75. The van der Waals surface area contributed by atoms with E-state index in [1.807, 2.05) is 47.1 Å². The number of benzene rings is 1. The third kappa shape index (κ3) is 3.80. The number of hydrogen-bond acceptors (Lipinski definition) is 2. The molecule has 0 N–H and O–H groups in total. The molecule has 2 fully saturated rings. The summed E-state index contributed by atoms with van der Waals surface area (Å²) in [6.45, 7) is 7.25. The van der Waals surface area contributed by atoms with Gasteiger partial charge in [-0.25, -0.2) is 0 Å². The molecule has 0 spiro atoms. The first kappa shape index (κ1) is 17.0. The van der Waals surface area contributed by atoms with Gasteiger partial charge >= 0.3 is 0 Å². The molecule has 1 aromatic carbocycles. The highest BCUT2D eigenvalue weighted by molar-refractivity contribution is 5.92. The molecule has 1 aliphatic heterocycles. The molecule has 4 nitrogen and oxygen atoms in total. The number of carbonyl (C=O) groups is 2. The highest BCUT2D eigenvalue weighted by atomic mass is 16.2. The molecule has 0 radical (unpaired) electrons. The number of rotatable bonds is 5. The van der Waals surface area contributed by atoms with E-state index < -0.39 is 0 Å². The van der Waals surface area contributed by atoms with Crippen LogP contribution in [0.5, 0.6) is 0 Å². The molecule has 1 saturated carbocycles. The lowest BCUT2D eigenvalue weighted by Crippen LogP contribution is -2.41. The predicted octanol–water partition coefficient (Wildman–Crippen LogP) is 2.93. The van der Waals surface area contributed by atoms with E-state index in [0.29, 0.717) is 19.0 Å². The van der Waals surface area contributed by atoms with Crippen molar-refractivity contribution in [1.82, 2.24) is 9.80 Å². The van der Waals surface area contributed by atoms with Gasteiger partial charge in [-0.05, 0) is 37.7 Å². The number of piperidine rings is 1. The summed E-state index contributed by atoms with van der Waals surface area (Å²) < 4.78 is 0. The number of hydrogen-bond donors (Lipinski definition) is 0. The molecule has 24 heavy (non-hydrogen) atoms. The Morgan fingerprint density at radius 3 is 2.62 bits per heavy atom. The van der Waals surface area contributed by atoms with Gasteiger partial charge < -0.3 is 9.80 Å². The van der Waals surface area contributed by atoms with E-state index in [4.69, 9.17) is 0 Å². The van der Waals surface area contributed by atoms with Gasteiger partial charge in [-0.1, -0.05) is 37.3 Å². The maximum absolute atomic E-state index is 12.8. The van der Waals surface area contributed by atoms with Crippen molar-refractivity contribution >= 4 is 11.8 Å². The monoisotopic (exact) mass is 328 g/mol. The standard InChI is InChI=1S/C20H28N2O2/c1-3-21(14-16-9-5-4-6-10-16)19(23)17-12-18(17)20(24)22-11-7-8-15(2)13-22/h4-6,9-10,15,17-18H,3,7-8,11-14H2,1-2H3. The van der Waals surface area contributed by atoms with Crippen LogP contribution in [0.2, 0.25) is 0 Å². The van der Waals surface area contributed by atoms with Crippen LogP contribution in [0.1, 0.15) is 38.7 Å². The number of amides is 2. The third-order valence-corrected chi connectivity index (χ3v) is 5.30. The normalized spacial score (nSPS) is 26.1. The minimum Gasteiger partial charge on any atom is -0.342 e. The van der Waals surface area contributed by atoms with Crippen LogP contribution in [0.3, 0.4) is 0 Å². The molecule has 1 heterocycles. The summed E-state index contributed by atoms with van der Waals surface area (Å²) in [5.74, 6) is 0.757. The number of nitrogens with zero attached hydrogens (tertiary/aromatic N) is 2. The molecule has 2 aliphatic rings. The highest BCUT2D eigenvalue weighted by Gasteiger charge is 2.50. The summed E-state index contributed by atoms with van der Waals surface area (Å²) >= 11 is 0. The molecule has 1 aromatic rings. The Hall–Kier alpha value is -1.84. The van der Waals surface area contributed by atoms with Crippen LogP contribution < -0.4 is 0 Å². The summed E-state index contributed by atoms with van der Waals surface area (Å²) in [7, 11) is 0. The zero-order valence-corrected chi connectivity index (χ0v) is 14.8. The maximum atomic E-state index is 12.8. The first-order valence-corrected chi connectivity index (χ1v) is 9.21. The fraction of sp³-hybridized carbons (Fsp3) is 0.600. The molecular weight excluding hydrogens is 300 g/mol. The molecule has 130 valence electrons. The topological polar surface area (TPSA) is 40.6 Å². The lowest BCUT2D eigenvalue weighted by atomic mass is 10.00. The van der Waals surface area contributed by atoms with Crippen LogP contribution >= 0.6 is 0 Å². The van der Waals surface area contributed by atoms with E-state index >= 15 is 0 Å². The SMILES string of the molecule is CCN(Cc1ccccc1)C(=O)C1CC1C(=O)N1CCCC(C)C1. The number of carbonyl (C=O) groups excluding carboxylic acids is 2. The molecule has 3 atom stereocenters. The number of likely N-dealkylation sites (tertiary alicyclic amines) is 1. The van der Waals surface area contributed by atoms with Gasteiger partial charge in [0.15, 0.2) is 0 Å². The lowest BCUT2D eigenvalue weighted by Gasteiger charge is -2.31. The first-order valence-electron chi connectivity index (χ1n) is 9.21. The van der Waals surface area contributed by atoms with Crippen molar-refractivity contribution in [2.75, 3.05) is 19.6 Å². The molecular formula is C20H28N2O2. The molecule has 1 aliphatic carbocycles. The van der Waals surface area contributed by atoms with Crippen molar-refractivity contribution < 1.29 is 9.59 Å². The van der Waals surface area contributed by atoms with Crippen molar-refractivity contribution in [2.24, 2.45) is 17.8 Å². The van der Waals surface area contributed by atoms with Crippen LogP contribution in [0.4, 0.5) is 0 Å². The van der Waals surface area contributed by atoms with Gasteiger partial charge in [0.05, 0.1) is 11.8 Å². The van der Waals surface area contributed by atoms with E-state index in [1.165, 1.54) is 6.42 Å². The van der Waals surface area contributed by atoms with Crippen molar-refractivity contribution in [1.29, 1.82) is 0 Å². The van der Waals surface area contributed by atoms with Crippen molar-refractivity contribution in [3.8, 4) is 0 Å². The van der Waals surface area contributed by atoms with Crippen LogP contribution in [0.15, 0.2) is 30.3 Å². The van der Waals surface area contributed by atoms with Gasteiger partial charge in [0.1, 0.15) is 0 Å². The minimum absolute atomic E-state index is 0.0763. The Morgan fingerprint density at radius 2 is 1.96 bits per heavy atom. The van der Waals surface area contributed by atoms with Gasteiger partial charge in [0.25, 0.3) is 0 Å². The van der Waals surface area contributed by atoms with Crippen LogP contribution in [0.25, 0.3) is 0 Å². The van der Waals surface area contributed by atoms with Gasteiger partial charge in [0, 0.05) is 26.2 Å². The van der Waals surface area contributed by atoms with E-state index in [0.717, 1.165) is 31.5 Å². The maximum Gasteiger partial charge on any atom is 0.226 e. The first-order chi connectivity index (χ1) is 11.6. The second-order valence-corrected chi connectivity index (χ2v) is 7.32. The summed E-state index contributed by atoms with van der Waals surface area (Å²) in [6.07, 6.45) is 3.03. The Bertz CT molecular complexity index is 587. The molecule has 3 rings (SSSR count). The zero-order valence-electron chi connectivity index (χ0n) is 14.8. The zero-order chi connectivity index (χ0) is 17.1.